The van der Waals surface area contributed by atoms with E-state index < -0.39 is 0 Å². The molecule has 1 fully saturated rings. The van der Waals surface area contributed by atoms with Crippen LogP contribution in [-0.4, -0.2) is 4.98 Å². The molecule has 1 aromatic rings. The molecule has 0 bridgehead atoms. The summed E-state index contributed by atoms with van der Waals surface area (Å²) in [4.78, 5) is 4.87. The highest BCUT2D eigenvalue weighted by molar-refractivity contribution is 5.56. The summed E-state index contributed by atoms with van der Waals surface area (Å²) in [6.45, 7) is 12.8. The summed E-state index contributed by atoms with van der Waals surface area (Å²) in [5.74, 6) is 1.54. The normalized spacial score (nSPS) is 22.2. The highest BCUT2D eigenvalue weighted by atomic mass is 14.7. The van der Waals surface area contributed by atoms with Gasteiger partial charge in [0.2, 0.25) is 0 Å². The Labute approximate surface area is 136 Å². The first kappa shape index (κ1) is 17.0. The van der Waals surface area contributed by atoms with E-state index in [0.717, 1.165) is 30.4 Å². The van der Waals surface area contributed by atoms with Gasteiger partial charge in [0, 0.05) is 11.4 Å². The molecule has 0 amide bonds. The Morgan fingerprint density at radius 1 is 1.27 bits per heavy atom. The maximum absolute atomic E-state index is 4.87. The molecule has 1 aliphatic carbocycles. The van der Waals surface area contributed by atoms with Gasteiger partial charge in [-0.15, -0.1) is 0 Å². The summed E-state index contributed by atoms with van der Waals surface area (Å²) in [6, 6.07) is 2.21. The van der Waals surface area contributed by atoms with Gasteiger partial charge in [-0.3, -0.25) is 4.98 Å². The molecule has 1 heteroatoms. The average molecular weight is 297 g/mol. The topological polar surface area (TPSA) is 12.9 Å². The van der Waals surface area contributed by atoms with Crippen molar-refractivity contribution < 1.29 is 0 Å². The van der Waals surface area contributed by atoms with E-state index in [1.54, 1.807) is 0 Å². The molecule has 1 aliphatic rings. The van der Waals surface area contributed by atoms with E-state index >= 15 is 0 Å². The standard InChI is InChI=1S/C21H31N/c1-6-7-8-20-16(4)13-17(5)22-21(20)14-18-9-11-19(12-10-18)15(2)3/h7-8,13,18-19H,2,6,9-12,14H2,1,3-5H3/b8-7-. The maximum Gasteiger partial charge on any atom is 0.0484 e. The van der Waals surface area contributed by atoms with Gasteiger partial charge < -0.3 is 0 Å². The summed E-state index contributed by atoms with van der Waals surface area (Å²) < 4.78 is 0. The molecule has 120 valence electrons. The van der Waals surface area contributed by atoms with Gasteiger partial charge in [-0.1, -0.05) is 31.2 Å². The second kappa shape index (κ2) is 7.76. The Kier molecular flexibility index (Phi) is 5.99. The van der Waals surface area contributed by atoms with E-state index in [1.165, 1.54) is 48.1 Å². The minimum absolute atomic E-state index is 0.753. The summed E-state index contributed by atoms with van der Waals surface area (Å²) in [5, 5.41) is 0. The lowest BCUT2D eigenvalue weighted by molar-refractivity contribution is 0.299. The fourth-order valence-corrected chi connectivity index (χ4v) is 3.68. The number of aromatic nitrogens is 1. The molecule has 0 aliphatic heterocycles. The predicted octanol–water partition coefficient (Wildman–Crippen LogP) is 6.05. The second-order valence-corrected chi connectivity index (χ2v) is 7.02. The molecular weight excluding hydrogens is 266 g/mol. The van der Waals surface area contributed by atoms with E-state index in [4.69, 9.17) is 4.98 Å². The van der Waals surface area contributed by atoms with Crippen molar-refractivity contribution in [2.24, 2.45) is 11.8 Å². The van der Waals surface area contributed by atoms with Gasteiger partial charge in [0.15, 0.2) is 0 Å². The Hall–Kier alpha value is -1.37. The first-order valence-corrected chi connectivity index (χ1v) is 8.80. The van der Waals surface area contributed by atoms with Crippen LogP contribution in [-0.2, 0) is 6.42 Å². The molecule has 1 nitrogen and oxygen atoms in total. The average Bonchev–Trinajstić information content (AvgIpc) is 2.47. The van der Waals surface area contributed by atoms with E-state index in [0.29, 0.717) is 0 Å². The number of nitrogens with zero attached hydrogens (tertiary/aromatic N) is 1. The van der Waals surface area contributed by atoms with Crippen LogP contribution in [0.15, 0.2) is 24.3 Å². The van der Waals surface area contributed by atoms with Crippen LogP contribution in [0, 0.1) is 25.7 Å². The summed E-state index contributed by atoms with van der Waals surface area (Å²) in [7, 11) is 0. The molecule has 1 heterocycles. The maximum atomic E-state index is 4.87. The van der Waals surface area contributed by atoms with Crippen molar-refractivity contribution in [2.75, 3.05) is 0 Å². The van der Waals surface area contributed by atoms with Crippen molar-refractivity contribution in [3.8, 4) is 0 Å². The third-order valence-electron chi connectivity index (χ3n) is 5.02. The second-order valence-electron chi connectivity index (χ2n) is 7.02. The minimum Gasteiger partial charge on any atom is -0.258 e. The van der Waals surface area contributed by atoms with Crippen LogP contribution in [0.2, 0.25) is 0 Å². The van der Waals surface area contributed by atoms with Crippen LogP contribution in [0.3, 0.4) is 0 Å². The number of rotatable bonds is 5. The van der Waals surface area contributed by atoms with Crippen molar-refractivity contribution in [1.82, 2.24) is 4.98 Å². The number of pyridine rings is 1. The fraction of sp³-hybridized carbons (Fsp3) is 0.571. The van der Waals surface area contributed by atoms with Gasteiger partial charge in [-0.2, -0.15) is 0 Å². The van der Waals surface area contributed by atoms with Gasteiger partial charge in [0.05, 0.1) is 0 Å². The number of allylic oxidation sites excluding steroid dienone is 2. The van der Waals surface area contributed by atoms with E-state index in [9.17, 15) is 0 Å². The van der Waals surface area contributed by atoms with E-state index in [2.05, 4.69) is 52.5 Å². The molecule has 0 aromatic carbocycles. The molecule has 2 rings (SSSR count). The fourth-order valence-electron chi connectivity index (χ4n) is 3.68. The van der Waals surface area contributed by atoms with Crippen LogP contribution < -0.4 is 0 Å². The van der Waals surface area contributed by atoms with Crippen molar-refractivity contribution in [3.63, 3.8) is 0 Å². The van der Waals surface area contributed by atoms with Gasteiger partial charge in [0.1, 0.15) is 0 Å². The lowest BCUT2D eigenvalue weighted by Crippen LogP contribution is -2.18. The Balaban J connectivity index is 2.12. The molecule has 0 unspecified atom stereocenters. The summed E-state index contributed by atoms with van der Waals surface area (Å²) in [5.41, 5.74) is 6.55. The number of hydrogen-bond donors (Lipinski definition) is 0. The zero-order valence-electron chi connectivity index (χ0n) is 14.8. The van der Waals surface area contributed by atoms with Gasteiger partial charge in [-0.25, -0.2) is 0 Å². The van der Waals surface area contributed by atoms with Crippen LogP contribution in [0.5, 0.6) is 0 Å². The van der Waals surface area contributed by atoms with Crippen LogP contribution >= 0.6 is 0 Å². The van der Waals surface area contributed by atoms with Crippen LogP contribution in [0.1, 0.15) is 68.5 Å². The highest BCUT2D eigenvalue weighted by Crippen LogP contribution is 2.34. The Morgan fingerprint density at radius 3 is 2.55 bits per heavy atom. The van der Waals surface area contributed by atoms with E-state index in [-0.39, 0.29) is 0 Å². The minimum atomic E-state index is 0.753. The molecule has 0 saturated heterocycles. The van der Waals surface area contributed by atoms with Crippen molar-refractivity contribution >= 4 is 6.08 Å². The number of aryl methyl sites for hydroxylation is 2. The third-order valence-corrected chi connectivity index (χ3v) is 5.02. The molecule has 1 aromatic heterocycles. The quantitative estimate of drug-likeness (QED) is 0.603. The molecule has 0 N–H and O–H groups in total. The summed E-state index contributed by atoms with van der Waals surface area (Å²) in [6.07, 6.45) is 12.0. The Bertz CT molecular complexity index is 545. The molecular formula is C21H31N. The van der Waals surface area contributed by atoms with Gasteiger partial charge in [0.25, 0.3) is 0 Å². The molecule has 0 radical (unpaired) electrons. The SMILES string of the molecule is C=C(C)C1CCC(Cc2nc(C)cc(C)c2/C=C\CC)CC1. The molecule has 22 heavy (non-hydrogen) atoms. The first-order chi connectivity index (χ1) is 10.5. The summed E-state index contributed by atoms with van der Waals surface area (Å²) >= 11 is 0. The van der Waals surface area contributed by atoms with E-state index in [1.807, 2.05) is 0 Å². The zero-order valence-corrected chi connectivity index (χ0v) is 14.8. The monoisotopic (exact) mass is 297 g/mol. The lowest BCUT2D eigenvalue weighted by Gasteiger charge is -2.29. The molecule has 1 saturated carbocycles. The predicted molar refractivity (Wildman–Crippen MR) is 97.0 cm³/mol. The molecule has 0 spiro atoms. The van der Waals surface area contributed by atoms with Crippen molar-refractivity contribution in [2.45, 2.75) is 66.2 Å². The largest absolute Gasteiger partial charge is 0.258 e. The lowest BCUT2D eigenvalue weighted by atomic mass is 9.77. The molecule has 0 atom stereocenters. The van der Waals surface area contributed by atoms with Gasteiger partial charge >= 0.3 is 0 Å². The first-order valence-electron chi connectivity index (χ1n) is 8.80. The van der Waals surface area contributed by atoms with Crippen LogP contribution in [0.4, 0.5) is 0 Å². The van der Waals surface area contributed by atoms with Crippen molar-refractivity contribution in [3.05, 3.63) is 46.8 Å². The van der Waals surface area contributed by atoms with Crippen molar-refractivity contribution in [1.29, 1.82) is 0 Å². The zero-order chi connectivity index (χ0) is 16.1. The Morgan fingerprint density at radius 2 is 1.95 bits per heavy atom. The third kappa shape index (κ3) is 4.32. The highest BCUT2D eigenvalue weighted by Gasteiger charge is 2.23. The number of hydrogen-bond acceptors (Lipinski definition) is 1. The smallest absolute Gasteiger partial charge is 0.0484 e. The van der Waals surface area contributed by atoms with Gasteiger partial charge in [-0.05, 0) is 88.3 Å². The van der Waals surface area contributed by atoms with Crippen LogP contribution in [0.25, 0.3) is 6.08 Å².